The van der Waals surface area contributed by atoms with Crippen molar-refractivity contribution < 1.29 is 0 Å². The molecule has 0 saturated heterocycles. The summed E-state index contributed by atoms with van der Waals surface area (Å²) in [4.78, 5) is 5.07. The first kappa shape index (κ1) is 26.5. The Kier molecular flexibility index (Phi) is 5.94. The Bertz CT molecular complexity index is 2590. The number of benzene rings is 7. The zero-order chi connectivity index (χ0) is 30.8. The number of aryl methyl sites for hydroxylation is 1. The van der Waals surface area contributed by atoms with Crippen molar-refractivity contribution in [2.75, 3.05) is 0 Å². The number of fused-ring (bicyclic) bond motifs is 5. The predicted molar refractivity (Wildman–Crippen MR) is 193 cm³/mol. The molecule has 0 atom stereocenters. The van der Waals surface area contributed by atoms with Crippen LogP contribution in [0.15, 0.2) is 152 Å². The lowest BCUT2D eigenvalue weighted by Crippen LogP contribution is -1.98. The summed E-state index contributed by atoms with van der Waals surface area (Å²) in [6.45, 7) is 4.48. The topological polar surface area (TPSA) is 22.8 Å². The highest BCUT2D eigenvalue weighted by Crippen LogP contribution is 2.39. The average Bonchev–Trinajstić information content (AvgIpc) is 3.63. The van der Waals surface area contributed by atoms with Gasteiger partial charge in [0.15, 0.2) is 0 Å². The fraction of sp³-hybridized carbons (Fsp3) is 0.0465. The summed E-state index contributed by atoms with van der Waals surface area (Å²) in [5.74, 6) is 0.942. The Balaban J connectivity index is 1.20. The largest absolute Gasteiger partial charge is 0.313 e. The molecule has 0 fully saturated rings. The van der Waals surface area contributed by atoms with Gasteiger partial charge in [-0.3, -0.25) is 4.57 Å². The third-order valence-corrected chi connectivity index (χ3v) is 9.56. The predicted octanol–water partition coefficient (Wildman–Crippen LogP) is 11.2. The van der Waals surface area contributed by atoms with Crippen molar-refractivity contribution in [2.45, 2.75) is 13.8 Å². The molecule has 46 heavy (non-hydrogen) atoms. The van der Waals surface area contributed by atoms with E-state index in [1.165, 1.54) is 60.5 Å². The minimum atomic E-state index is 0.942. The van der Waals surface area contributed by atoms with E-state index in [1.807, 2.05) is 0 Å². The standard InChI is InChI=1S/C43H31N3/c1-28-29(2)45(35-24-23-30-11-6-7-12-33(30)27-35)42-36(28)25-26-38-37(15-10-16-39(38)42)31-19-21-32(22-20-31)43-44-40-17-8-9-18-41(40)46(43)34-13-4-3-5-14-34/h3-27H,1-2H3. The highest BCUT2D eigenvalue weighted by Gasteiger charge is 2.18. The van der Waals surface area contributed by atoms with E-state index in [1.54, 1.807) is 0 Å². The Hall–Kier alpha value is -5.93. The number of imidazole rings is 1. The third-order valence-electron chi connectivity index (χ3n) is 9.56. The van der Waals surface area contributed by atoms with E-state index in [-0.39, 0.29) is 0 Å². The number of aromatic nitrogens is 3. The lowest BCUT2D eigenvalue weighted by Gasteiger charge is -2.14. The lowest BCUT2D eigenvalue weighted by atomic mass is 9.95. The molecule has 0 aliphatic carbocycles. The van der Waals surface area contributed by atoms with Gasteiger partial charge in [-0.15, -0.1) is 0 Å². The number of hydrogen-bond donors (Lipinski definition) is 0. The van der Waals surface area contributed by atoms with Crippen molar-refractivity contribution in [1.29, 1.82) is 0 Å². The second-order valence-corrected chi connectivity index (χ2v) is 12.1. The number of nitrogens with zero attached hydrogens (tertiary/aromatic N) is 3. The van der Waals surface area contributed by atoms with Crippen LogP contribution in [0.25, 0.3) is 77.4 Å². The van der Waals surface area contributed by atoms with Crippen molar-refractivity contribution in [3.05, 3.63) is 163 Å². The molecular formula is C43H31N3. The first-order valence-corrected chi connectivity index (χ1v) is 15.8. The molecule has 3 heteroatoms. The highest BCUT2D eigenvalue weighted by atomic mass is 15.1. The molecule has 0 bridgehead atoms. The van der Waals surface area contributed by atoms with Gasteiger partial charge in [0.25, 0.3) is 0 Å². The second-order valence-electron chi connectivity index (χ2n) is 12.1. The zero-order valence-electron chi connectivity index (χ0n) is 25.8. The molecule has 9 aromatic rings. The van der Waals surface area contributed by atoms with Crippen LogP contribution >= 0.6 is 0 Å². The minimum absolute atomic E-state index is 0.942. The molecule has 0 unspecified atom stereocenters. The van der Waals surface area contributed by atoms with Crippen LogP contribution < -0.4 is 0 Å². The number of hydrogen-bond acceptors (Lipinski definition) is 1. The van der Waals surface area contributed by atoms with Gasteiger partial charge in [-0.05, 0) is 83.1 Å². The van der Waals surface area contributed by atoms with Crippen LogP contribution in [0.5, 0.6) is 0 Å². The summed E-state index contributed by atoms with van der Waals surface area (Å²) in [7, 11) is 0. The minimum Gasteiger partial charge on any atom is -0.313 e. The van der Waals surface area contributed by atoms with Crippen LogP contribution in [0.3, 0.4) is 0 Å². The van der Waals surface area contributed by atoms with Gasteiger partial charge in [0.1, 0.15) is 5.82 Å². The Morgan fingerprint density at radius 1 is 0.478 bits per heavy atom. The maximum absolute atomic E-state index is 5.07. The molecule has 0 amide bonds. The smallest absolute Gasteiger partial charge is 0.145 e. The van der Waals surface area contributed by atoms with Gasteiger partial charge >= 0.3 is 0 Å². The summed E-state index contributed by atoms with van der Waals surface area (Å²) in [6, 6.07) is 54.4. The zero-order valence-corrected chi connectivity index (χ0v) is 25.8. The SMILES string of the molecule is Cc1c(C)n(-c2ccc3ccccc3c2)c2c1ccc1c(-c3ccc(-c4nc5ccccc5n4-c4ccccc4)cc3)cccc12. The normalized spacial score (nSPS) is 11.7. The Labute approximate surface area is 267 Å². The van der Waals surface area contributed by atoms with E-state index in [9.17, 15) is 0 Å². The molecule has 0 N–H and O–H groups in total. The molecule has 0 radical (unpaired) electrons. The van der Waals surface area contributed by atoms with Crippen LogP contribution in [0, 0.1) is 13.8 Å². The van der Waals surface area contributed by atoms with Gasteiger partial charge in [0, 0.05) is 33.4 Å². The second kappa shape index (κ2) is 10.3. The third kappa shape index (κ3) is 4.02. The molecule has 0 saturated carbocycles. The molecule has 7 aromatic carbocycles. The average molecular weight is 590 g/mol. The van der Waals surface area contributed by atoms with E-state index in [0.717, 1.165) is 28.1 Å². The Morgan fingerprint density at radius 3 is 2.04 bits per heavy atom. The molecule has 218 valence electrons. The van der Waals surface area contributed by atoms with Gasteiger partial charge in [-0.1, -0.05) is 115 Å². The molecule has 0 aliphatic rings. The molecule has 0 aliphatic heterocycles. The molecule has 3 nitrogen and oxygen atoms in total. The van der Waals surface area contributed by atoms with E-state index in [4.69, 9.17) is 4.98 Å². The summed E-state index contributed by atoms with van der Waals surface area (Å²) < 4.78 is 4.70. The summed E-state index contributed by atoms with van der Waals surface area (Å²) in [6.07, 6.45) is 0. The molecule has 2 aromatic heterocycles. The van der Waals surface area contributed by atoms with E-state index >= 15 is 0 Å². The van der Waals surface area contributed by atoms with Crippen LogP contribution in [0.2, 0.25) is 0 Å². The van der Waals surface area contributed by atoms with E-state index < -0.39 is 0 Å². The van der Waals surface area contributed by atoms with Gasteiger partial charge in [0.2, 0.25) is 0 Å². The van der Waals surface area contributed by atoms with Crippen molar-refractivity contribution in [3.8, 4) is 33.9 Å². The van der Waals surface area contributed by atoms with Crippen molar-refractivity contribution >= 4 is 43.5 Å². The fourth-order valence-corrected chi connectivity index (χ4v) is 7.16. The summed E-state index contributed by atoms with van der Waals surface area (Å²) in [5, 5.41) is 6.31. The van der Waals surface area contributed by atoms with E-state index in [0.29, 0.717) is 0 Å². The summed E-state index contributed by atoms with van der Waals surface area (Å²) >= 11 is 0. The fourth-order valence-electron chi connectivity index (χ4n) is 7.16. The van der Waals surface area contributed by atoms with Gasteiger partial charge in [-0.2, -0.15) is 0 Å². The Morgan fingerprint density at radius 2 is 1.20 bits per heavy atom. The first-order valence-electron chi connectivity index (χ1n) is 15.8. The number of rotatable bonds is 4. The number of para-hydroxylation sites is 3. The van der Waals surface area contributed by atoms with Crippen molar-refractivity contribution in [3.63, 3.8) is 0 Å². The van der Waals surface area contributed by atoms with Crippen molar-refractivity contribution in [2.24, 2.45) is 0 Å². The molecule has 0 spiro atoms. The van der Waals surface area contributed by atoms with Crippen LogP contribution in [0.4, 0.5) is 0 Å². The highest BCUT2D eigenvalue weighted by molar-refractivity contribution is 6.12. The molecule has 9 rings (SSSR count). The maximum Gasteiger partial charge on any atom is 0.145 e. The van der Waals surface area contributed by atoms with Crippen LogP contribution in [0.1, 0.15) is 11.3 Å². The lowest BCUT2D eigenvalue weighted by molar-refractivity contribution is 1.05. The monoisotopic (exact) mass is 589 g/mol. The maximum atomic E-state index is 5.07. The van der Waals surface area contributed by atoms with Crippen molar-refractivity contribution in [1.82, 2.24) is 14.1 Å². The quantitative estimate of drug-likeness (QED) is 0.200. The van der Waals surface area contributed by atoms with Gasteiger partial charge < -0.3 is 4.57 Å². The molecular weight excluding hydrogens is 558 g/mol. The van der Waals surface area contributed by atoms with Crippen LogP contribution in [-0.2, 0) is 0 Å². The van der Waals surface area contributed by atoms with Gasteiger partial charge in [-0.25, -0.2) is 4.98 Å². The van der Waals surface area contributed by atoms with Crippen LogP contribution in [-0.4, -0.2) is 14.1 Å². The summed E-state index contributed by atoms with van der Waals surface area (Å²) in [5.41, 5.74) is 11.7. The van der Waals surface area contributed by atoms with Gasteiger partial charge in [0.05, 0.1) is 16.6 Å². The molecule has 2 heterocycles. The van der Waals surface area contributed by atoms with E-state index in [2.05, 4.69) is 175 Å². The first-order chi connectivity index (χ1) is 22.7.